The van der Waals surface area contributed by atoms with Gasteiger partial charge in [0.05, 0.1) is 0 Å². The monoisotopic (exact) mass is 551 g/mol. The van der Waals surface area contributed by atoms with Crippen molar-refractivity contribution in [1.82, 2.24) is 0 Å². The molecule has 216 valence electrons. The van der Waals surface area contributed by atoms with Crippen molar-refractivity contribution in [3.63, 3.8) is 0 Å². The molecule has 16 nitrogen and oxygen atoms in total. The van der Waals surface area contributed by atoms with E-state index in [1.54, 1.807) is 0 Å². The molecule has 0 radical (unpaired) electrons. The smallest absolute Gasteiger partial charge is 0.303 e. The first-order valence-electron chi connectivity index (χ1n) is 11.6. The molecule has 4 unspecified atom stereocenters. The van der Waals surface area contributed by atoms with Crippen LogP contribution in [0, 0.1) is 0 Å². The summed E-state index contributed by atoms with van der Waals surface area (Å²) in [6.45, 7) is 4.50. The minimum Gasteiger partial charge on any atom is -0.463 e. The number of rotatable bonds is 9. The zero-order valence-electron chi connectivity index (χ0n) is 21.5. The molecule has 2 fully saturated rings. The first-order chi connectivity index (χ1) is 17.7. The minimum atomic E-state index is -1.76. The van der Waals surface area contributed by atoms with Crippen LogP contribution in [0.15, 0.2) is 0 Å². The average molecular weight is 551 g/mol. The quantitative estimate of drug-likeness (QED) is 0.197. The van der Waals surface area contributed by atoms with Crippen molar-refractivity contribution >= 4 is 29.8 Å². The standard InChI is InChI=1S/C22H33NO15/c1-8(24)31-7-14-15(29)17(32-9(2)25)20(35-12(5)28)22(37-14)38-16-13(6-23)36-21(30)19(34-11(4)27)18(16)33-10(3)26/h13-22,29-30H,6-7,23H2,1-5H3/t13?,14?,15-,16-,17+,18+,19?,20?,21+,22-/m1/s1. The normalized spacial score (nSPS) is 34.9. The molecule has 0 aromatic rings. The van der Waals surface area contributed by atoms with Gasteiger partial charge in [0.2, 0.25) is 0 Å². The number of hydrogen-bond donors (Lipinski definition) is 3. The van der Waals surface area contributed by atoms with Gasteiger partial charge in [-0.3, -0.25) is 24.0 Å². The molecular weight excluding hydrogens is 518 g/mol. The Morgan fingerprint density at radius 1 is 0.658 bits per heavy atom. The number of carbonyl (C=O) groups excluding carboxylic acids is 5. The number of hydrogen-bond acceptors (Lipinski definition) is 16. The zero-order valence-corrected chi connectivity index (χ0v) is 21.5. The lowest BCUT2D eigenvalue weighted by Gasteiger charge is -2.47. The Bertz CT molecular complexity index is 881. The van der Waals surface area contributed by atoms with Crippen molar-refractivity contribution in [2.75, 3.05) is 13.2 Å². The summed E-state index contributed by atoms with van der Waals surface area (Å²) < 4.78 is 42.9. The van der Waals surface area contributed by atoms with Crippen molar-refractivity contribution in [3.05, 3.63) is 0 Å². The van der Waals surface area contributed by atoms with Crippen molar-refractivity contribution < 1.29 is 72.1 Å². The van der Waals surface area contributed by atoms with Gasteiger partial charge in [-0.05, 0) is 0 Å². The Balaban J connectivity index is 2.51. The number of aliphatic hydroxyl groups excluding tert-OH is 2. The molecule has 0 aromatic heterocycles. The topological polar surface area (TPSA) is 226 Å². The largest absolute Gasteiger partial charge is 0.463 e. The van der Waals surface area contributed by atoms with Crippen molar-refractivity contribution in [2.45, 2.75) is 96.0 Å². The second kappa shape index (κ2) is 13.8. The van der Waals surface area contributed by atoms with Crippen LogP contribution in [-0.2, 0) is 61.9 Å². The van der Waals surface area contributed by atoms with E-state index in [-0.39, 0.29) is 6.54 Å². The molecule has 0 spiro atoms. The van der Waals surface area contributed by atoms with Crippen LogP contribution in [0.1, 0.15) is 34.6 Å². The molecule has 0 bridgehead atoms. The van der Waals surface area contributed by atoms with E-state index in [2.05, 4.69) is 0 Å². The first kappa shape index (κ1) is 31.3. The maximum atomic E-state index is 11.9. The Hall–Kier alpha value is -2.89. The molecule has 10 atom stereocenters. The van der Waals surface area contributed by atoms with Gasteiger partial charge in [0.25, 0.3) is 0 Å². The van der Waals surface area contributed by atoms with Crippen LogP contribution < -0.4 is 5.73 Å². The fourth-order valence-corrected chi connectivity index (χ4v) is 4.03. The van der Waals surface area contributed by atoms with Gasteiger partial charge in [0.15, 0.2) is 37.0 Å². The molecule has 2 aliphatic heterocycles. The third kappa shape index (κ3) is 8.31. The Labute approximate surface area is 217 Å². The molecule has 2 saturated heterocycles. The van der Waals surface area contributed by atoms with E-state index in [1.165, 1.54) is 0 Å². The lowest BCUT2D eigenvalue weighted by atomic mass is 9.96. The van der Waals surface area contributed by atoms with Crippen molar-refractivity contribution in [1.29, 1.82) is 0 Å². The third-order valence-corrected chi connectivity index (χ3v) is 5.41. The summed E-state index contributed by atoms with van der Waals surface area (Å²) in [6.07, 6.45) is -15.2. The third-order valence-electron chi connectivity index (χ3n) is 5.41. The van der Waals surface area contributed by atoms with E-state index in [4.69, 9.17) is 43.6 Å². The van der Waals surface area contributed by atoms with E-state index in [9.17, 15) is 34.2 Å². The van der Waals surface area contributed by atoms with E-state index >= 15 is 0 Å². The number of carbonyl (C=O) groups is 5. The van der Waals surface area contributed by atoms with Crippen LogP contribution in [0.2, 0.25) is 0 Å². The van der Waals surface area contributed by atoms with Crippen LogP contribution in [-0.4, -0.2) is 115 Å². The zero-order chi connectivity index (χ0) is 28.7. The predicted molar refractivity (Wildman–Crippen MR) is 118 cm³/mol. The molecule has 2 aliphatic rings. The van der Waals surface area contributed by atoms with Gasteiger partial charge < -0.3 is 53.8 Å². The highest BCUT2D eigenvalue weighted by atomic mass is 16.8. The maximum Gasteiger partial charge on any atom is 0.303 e. The highest BCUT2D eigenvalue weighted by Gasteiger charge is 2.55. The van der Waals surface area contributed by atoms with Gasteiger partial charge in [-0.2, -0.15) is 0 Å². The average Bonchev–Trinajstić information content (AvgIpc) is 2.79. The van der Waals surface area contributed by atoms with E-state index < -0.39 is 97.9 Å². The highest BCUT2D eigenvalue weighted by molar-refractivity contribution is 5.68. The molecule has 0 aromatic carbocycles. The highest BCUT2D eigenvalue weighted by Crippen LogP contribution is 2.33. The molecule has 2 rings (SSSR count). The fourth-order valence-electron chi connectivity index (χ4n) is 4.03. The summed E-state index contributed by atoms with van der Waals surface area (Å²) in [6, 6.07) is 0. The van der Waals surface area contributed by atoms with Crippen molar-refractivity contribution in [2.24, 2.45) is 5.73 Å². The first-order valence-corrected chi connectivity index (χ1v) is 11.6. The lowest BCUT2D eigenvalue weighted by Crippen LogP contribution is -2.67. The fraction of sp³-hybridized carbons (Fsp3) is 0.773. The summed E-state index contributed by atoms with van der Waals surface area (Å²) in [5.74, 6) is -4.11. The SMILES string of the molecule is CC(=O)OCC1O[C@H](O[C@@H]2C(CN)O[C@H](O)C(OC(C)=O)[C@H]2OC(C)=O)C(OC(C)=O)[C@@H](OC(C)=O)[C@@H]1O. The van der Waals surface area contributed by atoms with Gasteiger partial charge in [0, 0.05) is 41.2 Å². The van der Waals surface area contributed by atoms with E-state index in [0.717, 1.165) is 34.6 Å². The van der Waals surface area contributed by atoms with Gasteiger partial charge >= 0.3 is 29.8 Å². The van der Waals surface area contributed by atoms with E-state index in [1.807, 2.05) is 0 Å². The molecule has 0 aliphatic carbocycles. The molecule has 4 N–H and O–H groups in total. The number of nitrogens with two attached hydrogens (primary N) is 1. The van der Waals surface area contributed by atoms with Gasteiger partial charge in [-0.1, -0.05) is 0 Å². The van der Waals surface area contributed by atoms with Crippen LogP contribution in [0.4, 0.5) is 0 Å². The van der Waals surface area contributed by atoms with Gasteiger partial charge in [-0.15, -0.1) is 0 Å². The van der Waals surface area contributed by atoms with Gasteiger partial charge in [-0.25, -0.2) is 0 Å². The Kier molecular flexibility index (Phi) is 11.4. The molecule has 16 heteroatoms. The summed E-state index contributed by atoms with van der Waals surface area (Å²) in [7, 11) is 0. The molecule has 0 amide bonds. The number of ether oxygens (including phenoxy) is 8. The lowest BCUT2D eigenvalue weighted by molar-refractivity contribution is -0.354. The second-order valence-electron chi connectivity index (χ2n) is 8.53. The number of aliphatic hydroxyl groups is 2. The molecule has 2 heterocycles. The maximum absolute atomic E-state index is 11.9. The molecule has 38 heavy (non-hydrogen) atoms. The number of esters is 5. The van der Waals surface area contributed by atoms with Crippen molar-refractivity contribution in [3.8, 4) is 0 Å². The van der Waals surface area contributed by atoms with Gasteiger partial charge in [0.1, 0.15) is 31.0 Å². The van der Waals surface area contributed by atoms with E-state index in [0.29, 0.717) is 0 Å². The Morgan fingerprint density at radius 3 is 1.66 bits per heavy atom. The van der Waals surface area contributed by atoms with Crippen LogP contribution >= 0.6 is 0 Å². The van der Waals surface area contributed by atoms with Crippen LogP contribution in [0.3, 0.4) is 0 Å². The summed E-state index contributed by atoms with van der Waals surface area (Å²) in [4.78, 5) is 58.6. The second-order valence-corrected chi connectivity index (χ2v) is 8.53. The summed E-state index contributed by atoms with van der Waals surface area (Å²) in [5, 5.41) is 21.2. The summed E-state index contributed by atoms with van der Waals surface area (Å²) in [5.41, 5.74) is 5.78. The molecule has 0 saturated carbocycles. The molecular formula is C22H33NO15. The predicted octanol–water partition coefficient (Wildman–Crippen LogP) is -2.58. The Morgan fingerprint density at radius 2 is 1.16 bits per heavy atom. The van der Waals surface area contributed by atoms with Crippen LogP contribution in [0.25, 0.3) is 0 Å². The minimum absolute atomic E-state index is 0.301. The van der Waals surface area contributed by atoms with Crippen LogP contribution in [0.5, 0.6) is 0 Å². The summed E-state index contributed by atoms with van der Waals surface area (Å²) >= 11 is 0.